The summed E-state index contributed by atoms with van der Waals surface area (Å²) in [4.78, 5) is 32.0. The number of carbonyl (C=O) groups is 2. The zero-order valence-corrected chi connectivity index (χ0v) is 14.8. The van der Waals surface area contributed by atoms with Gasteiger partial charge in [0.05, 0.1) is 16.3 Å². The van der Waals surface area contributed by atoms with Crippen LogP contribution in [0.4, 0.5) is 5.69 Å². The number of aromatic nitrogens is 1. The fourth-order valence-electron chi connectivity index (χ4n) is 2.85. The van der Waals surface area contributed by atoms with Gasteiger partial charge in [0.1, 0.15) is 10.1 Å². The van der Waals surface area contributed by atoms with Crippen molar-refractivity contribution in [2.45, 2.75) is 24.9 Å². The molecule has 3 heterocycles. The number of carboxylic acid groups (broad SMARTS) is 1. The molecule has 2 aromatic rings. The number of thioether (sulfide) groups is 1. The average Bonchev–Trinajstić information content (AvgIpc) is 3.33. The van der Waals surface area contributed by atoms with Gasteiger partial charge in [0, 0.05) is 11.4 Å². The molecule has 0 bridgehead atoms. The molecular weight excluding hydrogens is 360 g/mol. The lowest BCUT2D eigenvalue weighted by Gasteiger charge is -2.10. The molecule has 1 amide bonds. The second kappa shape index (κ2) is 6.74. The van der Waals surface area contributed by atoms with Gasteiger partial charge in [-0.3, -0.25) is 9.79 Å². The zero-order chi connectivity index (χ0) is 17.4. The van der Waals surface area contributed by atoms with Crippen LogP contribution in [0.25, 0.3) is 10.2 Å². The maximum atomic E-state index is 12.2. The Hall–Kier alpha value is -1.97. The number of aliphatic carboxylic acids is 1. The van der Waals surface area contributed by atoms with Gasteiger partial charge in [-0.25, -0.2) is 9.78 Å². The lowest BCUT2D eigenvalue weighted by atomic mass is 10.2. The number of benzene rings is 1. The monoisotopic (exact) mass is 376 g/mol. The molecule has 25 heavy (non-hydrogen) atoms. The minimum absolute atomic E-state index is 0.0124. The van der Waals surface area contributed by atoms with Crippen LogP contribution in [-0.4, -0.2) is 51.4 Å². The summed E-state index contributed by atoms with van der Waals surface area (Å²) in [7, 11) is 0. The van der Waals surface area contributed by atoms with E-state index in [-0.39, 0.29) is 11.9 Å². The van der Waals surface area contributed by atoms with Crippen molar-refractivity contribution in [1.29, 1.82) is 0 Å². The van der Waals surface area contributed by atoms with E-state index in [2.05, 4.69) is 20.6 Å². The number of rotatable bonds is 4. The van der Waals surface area contributed by atoms with Gasteiger partial charge in [-0.1, -0.05) is 0 Å². The van der Waals surface area contributed by atoms with E-state index in [0.717, 1.165) is 40.3 Å². The van der Waals surface area contributed by atoms with Crippen molar-refractivity contribution in [3.63, 3.8) is 0 Å². The summed E-state index contributed by atoms with van der Waals surface area (Å²) in [5.41, 5.74) is 1.56. The van der Waals surface area contributed by atoms with Crippen LogP contribution in [0.5, 0.6) is 0 Å². The maximum absolute atomic E-state index is 12.2. The standard InChI is InChI=1S/C16H16N4O3S2/c21-13(10-2-1-5-17-10)18-8-3-4-9-12(6-8)25-15(19-9)14-20-11(7-24-14)16(22)23/h3-4,6,10-11,17H,1-2,5,7H2,(H,18,21)(H,22,23)/t10-,11+/m0/s1. The van der Waals surface area contributed by atoms with Crippen LogP contribution in [0.1, 0.15) is 17.8 Å². The first-order valence-corrected chi connectivity index (χ1v) is 9.79. The zero-order valence-electron chi connectivity index (χ0n) is 13.2. The highest BCUT2D eigenvalue weighted by Gasteiger charge is 2.27. The molecule has 0 radical (unpaired) electrons. The van der Waals surface area contributed by atoms with Crippen LogP contribution in [0.3, 0.4) is 0 Å². The van der Waals surface area contributed by atoms with Gasteiger partial charge in [0.15, 0.2) is 6.04 Å². The predicted octanol–water partition coefficient (Wildman–Crippen LogP) is 1.93. The first-order valence-electron chi connectivity index (χ1n) is 7.99. The molecule has 1 aromatic heterocycles. The molecule has 0 unspecified atom stereocenters. The number of aliphatic imine (C=N–C) groups is 1. The molecule has 130 valence electrons. The number of hydrogen-bond acceptors (Lipinski definition) is 7. The smallest absolute Gasteiger partial charge is 0.329 e. The molecule has 4 rings (SSSR count). The molecule has 2 aliphatic rings. The van der Waals surface area contributed by atoms with Crippen LogP contribution in [0, 0.1) is 0 Å². The van der Waals surface area contributed by atoms with Gasteiger partial charge in [0.25, 0.3) is 0 Å². The van der Waals surface area contributed by atoms with Crippen molar-refractivity contribution in [1.82, 2.24) is 10.3 Å². The Morgan fingerprint density at radius 3 is 2.96 bits per heavy atom. The van der Waals surface area contributed by atoms with Crippen LogP contribution in [-0.2, 0) is 9.59 Å². The molecule has 1 aromatic carbocycles. The number of thiazole rings is 1. The summed E-state index contributed by atoms with van der Waals surface area (Å²) < 4.78 is 0.939. The number of amides is 1. The lowest BCUT2D eigenvalue weighted by molar-refractivity contribution is -0.137. The molecule has 1 fully saturated rings. The summed E-state index contributed by atoms with van der Waals surface area (Å²) in [5.74, 6) is -0.480. The highest BCUT2D eigenvalue weighted by atomic mass is 32.2. The number of hydrogen-bond donors (Lipinski definition) is 3. The van der Waals surface area contributed by atoms with E-state index in [1.165, 1.54) is 23.1 Å². The number of carboxylic acids is 1. The maximum Gasteiger partial charge on any atom is 0.329 e. The van der Waals surface area contributed by atoms with Crippen LogP contribution in [0.2, 0.25) is 0 Å². The molecule has 0 saturated carbocycles. The van der Waals surface area contributed by atoms with Crippen molar-refractivity contribution < 1.29 is 14.7 Å². The van der Waals surface area contributed by atoms with E-state index in [4.69, 9.17) is 5.11 Å². The molecular formula is C16H16N4O3S2. The minimum atomic E-state index is -0.908. The summed E-state index contributed by atoms with van der Waals surface area (Å²) >= 11 is 2.88. The molecule has 0 spiro atoms. The Labute approximate surface area is 151 Å². The largest absolute Gasteiger partial charge is 0.480 e. The quantitative estimate of drug-likeness (QED) is 0.753. The number of nitrogens with zero attached hydrogens (tertiary/aromatic N) is 2. The Balaban J connectivity index is 1.54. The molecule has 0 aliphatic carbocycles. The predicted molar refractivity (Wildman–Crippen MR) is 99.7 cm³/mol. The average molecular weight is 376 g/mol. The van der Waals surface area contributed by atoms with Gasteiger partial charge in [-0.15, -0.1) is 23.1 Å². The van der Waals surface area contributed by atoms with E-state index in [1.54, 1.807) is 0 Å². The van der Waals surface area contributed by atoms with E-state index in [9.17, 15) is 9.59 Å². The van der Waals surface area contributed by atoms with Crippen molar-refractivity contribution >= 4 is 55.9 Å². The SMILES string of the molecule is O=C(Nc1ccc2nc(C3=N[C@@H](C(=O)O)CS3)sc2c1)[C@@H]1CCCN1. The molecule has 2 aliphatic heterocycles. The molecule has 2 atom stereocenters. The minimum Gasteiger partial charge on any atom is -0.480 e. The normalized spacial score (nSPS) is 23.0. The van der Waals surface area contributed by atoms with Crippen molar-refractivity contribution in [3.05, 3.63) is 23.2 Å². The Bertz CT molecular complexity index is 873. The Kier molecular flexibility index (Phi) is 4.45. The Morgan fingerprint density at radius 2 is 2.24 bits per heavy atom. The third-order valence-electron chi connectivity index (χ3n) is 4.15. The Morgan fingerprint density at radius 1 is 1.36 bits per heavy atom. The van der Waals surface area contributed by atoms with Crippen LogP contribution >= 0.6 is 23.1 Å². The second-order valence-corrected chi connectivity index (χ2v) is 7.98. The highest BCUT2D eigenvalue weighted by Crippen LogP contribution is 2.31. The van der Waals surface area contributed by atoms with Gasteiger partial charge >= 0.3 is 5.97 Å². The topological polar surface area (TPSA) is 104 Å². The number of anilines is 1. The van der Waals surface area contributed by atoms with E-state index < -0.39 is 12.0 Å². The fourth-order valence-corrected chi connectivity index (χ4v) is 4.95. The van der Waals surface area contributed by atoms with E-state index in [1.807, 2.05) is 18.2 Å². The molecule has 9 heteroatoms. The highest BCUT2D eigenvalue weighted by molar-refractivity contribution is 8.15. The summed E-state index contributed by atoms with van der Waals surface area (Å²) in [5, 5.41) is 16.6. The first kappa shape index (κ1) is 16.5. The summed E-state index contributed by atoms with van der Waals surface area (Å²) in [6.07, 6.45) is 1.88. The molecule has 3 N–H and O–H groups in total. The third-order valence-corrected chi connectivity index (χ3v) is 6.36. The third kappa shape index (κ3) is 3.39. The second-order valence-electron chi connectivity index (χ2n) is 5.94. The number of carbonyl (C=O) groups excluding carboxylic acids is 1. The van der Waals surface area contributed by atoms with Gasteiger partial charge in [-0.2, -0.15) is 0 Å². The van der Waals surface area contributed by atoms with Gasteiger partial charge in [0.2, 0.25) is 5.91 Å². The van der Waals surface area contributed by atoms with E-state index in [0.29, 0.717) is 10.8 Å². The number of nitrogens with one attached hydrogen (secondary N) is 2. The van der Waals surface area contributed by atoms with Crippen molar-refractivity contribution in [2.75, 3.05) is 17.6 Å². The summed E-state index contributed by atoms with van der Waals surface area (Å²) in [6.45, 7) is 0.881. The molecule has 7 nitrogen and oxygen atoms in total. The van der Waals surface area contributed by atoms with Crippen LogP contribution < -0.4 is 10.6 Å². The molecule has 1 saturated heterocycles. The first-order chi connectivity index (χ1) is 12.1. The van der Waals surface area contributed by atoms with Crippen molar-refractivity contribution in [2.24, 2.45) is 4.99 Å². The lowest BCUT2D eigenvalue weighted by Crippen LogP contribution is -2.35. The summed E-state index contributed by atoms with van der Waals surface area (Å²) in [6, 6.07) is 4.79. The fraction of sp³-hybridized carbons (Fsp3) is 0.375. The number of fused-ring (bicyclic) bond motifs is 1. The van der Waals surface area contributed by atoms with Gasteiger partial charge < -0.3 is 15.7 Å². The van der Waals surface area contributed by atoms with Crippen LogP contribution in [0.15, 0.2) is 23.2 Å². The van der Waals surface area contributed by atoms with Crippen molar-refractivity contribution in [3.8, 4) is 0 Å². The van der Waals surface area contributed by atoms with E-state index >= 15 is 0 Å². The van der Waals surface area contributed by atoms with Gasteiger partial charge in [-0.05, 0) is 37.6 Å².